The lowest BCUT2D eigenvalue weighted by Crippen LogP contribution is -2.27. The number of allylic oxidation sites excluding steroid dienone is 3. The van der Waals surface area contributed by atoms with Crippen LogP contribution in [0.15, 0.2) is 72.7 Å². The van der Waals surface area contributed by atoms with Crippen LogP contribution in [0.1, 0.15) is 23.2 Å². The first kappa shape index (κ1) is 23.5. The van der Waals surface area contributed by atoms with Gasteiger partial charge in [0.15, 0.2) is 0 Å². The first-order valence-corrected chi connectivity index (χ1v) is 11.0. The maximum absolute atomic E-state index is 12.3. The zero-order valence-electron chi connectivity index (χ0n) is 19.2. The van der Waals surface area contributed by atoms with Crippen LogP contribution in [0, 0.1) is 0 Å². The Kier molecular flexibility index (Phi) is 7.36. The molecule has 0 unspecified atom stereocenters. The average Bonchev–Trinajstić information content (AvgIpc) is 3.36. The topological polar surface area (TPSA) is 135 Å². The van der Waals surface area contributed by atoms with E-state index in [1.54, 1.807) is 42.0 Å². The van der Waals surface area contributed by atoms with E-state index < -0.39 is 6.09 Å². The molecule has 4 N–H and O–H groups in total. The summed E-state index contributed by atoms with van der Waals surface area (Å²) in [5.41, 5.74) is 3.10. The molecular formula is C24H26N8O3. The maximum atomic E-state index is 12.3. The van der Waals surface area contributed by atoms with Gasteiger partial charge in [0.2, 0.25) is 17.7 Å². The van der Waals surface area contributed by atoms with Crippen LogP contribution in [0.3, 0.4) is 0 Å². The van der Waals surface area contributed by atoms with Gasteiger partial charge >= 0.3 is 6.09 Å². The second kappa shape index (κ2) is 11.0. The summed E-state index contributed by atoms with van der Waals surface area (Å²) < 4.78 is 6.62. The number of benzene rings is 1. The van der Waals surface area contributed by atoms with Crippen LogP contribution in [0.2, 0.25) is 0 Å². The third-order valence-electron chi connectivity index (χ3n) is 5.21. The van der Waals surface area contributed by atoms with Gasteiger partial charge in [-0.3, -0.25) is 9.20 Å². The minimum atomic E-state index is -0.474. The molecule has 2 amide bonds. The van der Waals surface area contributed by atoms with Crippen molar-refractivity contribution < 1.29 is 14.3 Å². The summed E-state index contributed by atoms with van der Waals surface area (Å²) >= 11 is 0. The molecule has 1 aliphatic carbocycles. The lowest BCUT2D eigenvalue weighted by molar-refractivity contribution is 0.0964. The van der Waals surface area contributed by atoms with Gasteiger partial charge in [0, 0.05) is 31.7 Å². The third-order valence-corrected chi connectivity index (χ3v) is 5.21. The number of hydrogen-bond acceptors (Lipinski definition) is 8. The Morgan fingerprint density at radius 2 is 2.03 bits per heavy atom. The standard InChI is InChI=1S/C24H26N8O3/c1-3-14-35-24(34)27-15-16-8-10-17(11-9-16)28-21-30-22-26-12-13-32(22)23(31-21)29-19-7-5-4-6-18(19)20(33)25-2/h3-8,10,12-13H,1,9,11,14-15H2,2H3,(H,25,33)(H,27,34)(H2,26,28,29,30,31). The Labute approximate surface area is 202 Å². The Bertz CT molecular complexity index is 1310. The molecule has 11 nitrogen and oxygen atoms in total. The van der Waals surface area contributed by atoms with Crippen LogP contribution in [0.4, 0.5) is 22.4 Å². The number of fused-ring (bicyclic) bond motifs is 1. The van der Waals surface area contributed by atoms with Gasteiger partial charge in [-0.05, 0) is 31.1 Å². The summed E-state index contributed by atoms with van der Waals surface area (Å²) in [7, 11) is 1.59. The normalized spacial score (nSPS) is 12.8. The van der Waals surface area contributed by atoms with Crippen molar-refractivity contribution in [3.63, 3.8) is 0 Å². The van der Waals surface area contributed by atoms with Crippen molar-refractivity contribution in [3.8, 4) is 0 Å². The van der Waals surface area contributed by atoms with Crippen molar-refractivity contribution in [1.29, 1.82) is 0 Å². The van der Waals surface area contributed by atoms with E-state index in [2.05, 4.69) is 42.8 Å². The molecule has 2 heterocycles. The summed E-state index contributed by atoms with van der Waals surface area (Å²) in [4.78, 5) is 37.2. The smallest absolute Gasteiger partial charge is 0.407 e. The van der Waals surface area contributed by atoms with E-state index in [9.17, 15) is 9.59 Å². The molecule has 35 heavy (non-hydrogen) atoms. The molecule has 11 heteroatoms. The van der Waals surface area contributed by atoms with Crippen molar-refractivity contribution in [2.24, 2.45) is 0 Å². The van der Waals surface area contributed by atoms with E-state index in [1.807, 2.05) is 18.2 Å². The minimum absolute atomic E-state index is 0.175. The highest BCUT2D eigenvalue weighted by atomic mass is 16.5. The number of aromatic nitrogens is 4. The highest BCUT2D eigenvalue weighted by molar-refractivity contribution is 6.00. The SMILES string of the molecule is C=CCOC(=O)NCC1=CC=C(Nc2nc(Nc3ccccc3C(=O)NC)n3ccnc3n2)CC1. The summed E-state index contributed by atoms with van der Waals surface area (Å²) in [5.74, 6) is 1.08. The van der Waals surface area contributed by atoms with E-state index in [-0.39, 0.29) is 12.5 Å². The van der Waals surface area contributed by atoms with Crippen LogP contribution < -0.4 is 21.3 Å². The molecule has 0 spiro atoms. The predicted molar refractivity (Wildman–Crippen MR) is 132 cm³/mol. The lowest BCUT2D eigenvalue weighted by Gasteiger charge is -2.17. The number of nitrogens with one attached hydrogen (secondary N) is 4. The zero-order valence-corrected chi connectivity index (χ0v) is 19.2. The predicted octanol–water partition coefficient (Wildman–Crippen LogP) is 3.16. The number of hydrogen-bond donors (Lipinski definition) is 4. The monoisotopic (exact) mass is 474 g/mol. The molecule has 3 aromatic rings. The van der Waals surface area contributed by atoms with Crippen molar-refractivity contribution in [2.45, 2.75) is 12.8 Å². The van der Waals surface area contributed by atoms with Crippen LogP contribution in [0.25, 0.3) is 5.78 Å². The van der Waals surface area contributed by atoms with Crippen LogP contribution in [0.5, 0.6) is 0 Å². The van der Waals surface area contributed by atoms with E-state index in [4.69, 9.17) is 4.74 Å². The number of imidazole rings is 1. The Morgan fingerprint density at radius 3 is 2.80 bits per heavy atom. The van der Waals surface area contributed by atoms with Gasteiger partial charge in [-0.15, -0.1) is 0 Å². The molecule has 0 saturated carbocycles. The largest absolute Gasteiger partial charge is 0.445 e. The number of carbonyl (C=O) groups is 2. The van der Waals surface area contributed by atoms with Gasteiger partial charge in [-0.2, -0.15) is 9.97 Å². The molecule has 1 aliphatic rings. The molecule has 0 radical (unpaired) electrons. The van der Waals surface area contributed by atoms with Gasteiger partial charge in [0.25, 0.3) is 5.91 Å². The molecule has 4 rings (SSSR count). The fourth-order valence-corrected chi connectivity index (χ4v) is 3.45. The Balaban J connectivity index is 1.49. The number of amides is 2. The van der Waals surface area contributed by atoms with Crippen molar-refractivity contribution in [3.05, 3.63) is 78.3 Å². The molecule has 0 saturated heterocycles. The van der Waals surface area contributed by atoms with Gasteiger partial charge in [-0.25, -0.2) is 9.78 Å². The molecule has 0 fully saturated rings. The maximum Gasteiger partial charge on any atom is 0.407 e. The average molecular weight is 475 g/mol. The van der Waals surface area contributed by atoms with Crippen molar-refractivity contribution in [2.75, 3.05) is 30.8 Å². The number of anilines is 3. The summed E-state index contributed by atoms with van der Waals surface area (Å²) in [6, 6.07) is 7.18. The number of para-hydroxylation sites is 1. The molecule has 0 aliphatic heterocycles. The first-order valence-electron chi connectivity index (χ1n) is 11.0. The molecule has 0 atom stereocenters. The summed E-state index contributed by atoms with van der Waals surface area (Å²) in [6.45, 7) is 4.10. The van der Waals surface area contributed by atoms with E-state index in [1.165, 1.54) is 6.08 Å². The molecule has 0 bridgehead atoms. The summed E-state index contributed by atoms with van der Waals surface area (Å²) in [6.07, 6.45) is 9.78. The number of rotatable bonds is 9. The quantitative estimate of drug-likeness (QED) is 0.348. The Hall–Kier alpha value is -4.67. The highest BCUT2D eigenvalue weighted by Crippen LogP contribution is 2.23. The van der Waals surface area contributed by atoms with Gasteiger partial charge in [-0.1, -0.05) is 36.4 Å². The van der Waals surface area contributed by atoms with Gasteiger partial charge in [0.05, 0.1) is 11.3 Å². The second-order valence-electron chi connectivity index (χ2n) is 7.60. The van der Waals surface area contributed by atoms with Crippen LogP contribution in [-0.4, -0.2) is 51.6 Å². The zero-order chi connectivity index (χ0) is 24.6. The van der Waals surface area contributed by atoms with E-state index in [0.29, 0.717) is 35.5 Å². The molecule has 2 aromatic heterocycles. The molecule has 180 valence electrons. The van der Waals surface area contributed by atoms with Gasteiger partial charge in [0.1, 0.15) is 6.61 Å². The lowest BCUT2D eigenvalue weighted by atomic mass is 10.0. The van der Waals surface area contributed by atoms with Crippen LogP contribution in [-0.2, 0) is 4.74 Å². The first-order chi connectivity index (χ1) is 17.1. The van der Waals surface area contributed by atoms with Gasteiger partial charge < -0.3 is 26.0 Å². The fourth-order valence-electron chi connectivity index (χ4n) is 3.45. The van der Waals surface area contributed by atoms with E-state index >= 15 is 0 Å². The number of alkyl carbamates (subject to hydrolysis) is 1. The van der Waals surface area contributed by atoms with E-state index in [0.717, 1.165) is 24.1 Å². The van der Waals surface area contributed by atoms with Crippen molar-refractivity contribution in [1.82, 2.24) is 30.0 Å². The molecule has 1 aromatic carbocycles. The molecular weight excluding hydrogens is 448 g/mol. The third kappa shape index (κ3) is 5.82. The number of nitrogens with zero attached hydrogens (tertiary/aromatic N) is 4. The number of carbonyl (C=O) groups excluding carboxylic acids is 2. The Morgan fingerprint density at radius 1 is 1.17 bits per heavy atom. The fraction of sp³-hybridized carbons (Fsp3) is 0.208. The summed E-state index contributed by atoms with van der Waals surface area (Å²) in [5, 5.41) is 11.8. The van der Waals surface area contributed by atoms with Crippen LogP contribution >= 0.6 is 0 Å². The minimum Gasteiger partial charge on any atom is -0.445 e. The van der Waals surface area contributed by atoms with Crippen molar-refractivity contribution >= 4 is 35.4 Å². The second-order valence-corrected chi connectivity index (χ2v) is 7.60. The highest BCUT2D eigenvalue weighted by Gasteiger charge is 2.15. The number of ether oxygens (including phenoxy) is 1.